The molecule has 2 aromatic rings. The van der Waals surface area contributed by atoms with Crippen molar-refractivity contribution >= 4 is 23.2 Å². The van der Waals surface area contributed by atoms with E-state index in [-0.39, 0.29) is 18.2 Å². The van der Waals surface area contributed by atoms with E-state index >= 15 is 0 Å². The molecule has 144 valence electrons. The molecule has 0 bridgehead atoms. The van der Waals surface area contributed by atoms with E-state index in [1.54, 1.807) is 7.11 Å². The minimum Gasteiger partial charge on any atom is -0.496 e. The average Bonchev–Trinajstić information content (AvgIpc) is 3.09. The summed E-state index contributed by atoms with van der Waals surface area (Å²) in [6.45, 7) is 4.18. The van der Waals surface area contributed by atoms with Crippen molar-refractivity contribution in [3.63, 3.8) is 0 Å². The molecule has 27 heavy (non-hydrogen) atoms. The third-order valence-electron chi connectivity index (χ3n) is 5.09. The molecule has 1 aromatic heterocycles. The molecule has 1 aliphatic carbocycles. The number of aryl methyl sites for hydroxylation is 2. The molecule has 6 heteroatoms. The average molecular weight is 387 g/mol. The van der Waals surface area contributed by atoms with Gasteiger partial charge < -0.3 is 4.74 Å². The van der Waals surface area contributed by atoms with Crippen molar-refractivity contribution in [1.29, 1.82) is 0 Å². The first-order valence-corrected chi connectivity index (χ1v) is 10.2. The number of benzene rings is 1. The fourth-order valence-electron chi connectivity index (χ4n) is 3.51. The zero-order valence-electron chi connectivity index (χ0n) is 16.1. The van der Waals surface area contributed by atoms with E-state index in [0.717, 1.165) is 24.0 Å². The minimum atomic E-state index is -0.278. The third-order valence-corrected chi connectivity index (χ3v) is 6.32. The first-order chi connectivity index (χ1) is 13.0. The largest absolute Gasteiger partial charge is 0.496 e. The van der Waals surface area contributed by atoms with Gasteiger partial charge in [0.15, 0.2) is 0 Å². The van der Waals surface area contributed by atoms with Gasteiger partial charge in [-0.05, 0) is 49.8 Å². The van der Waals surface area contributed by atoms with Crippen LogP contribution < -0.4 is 15.6 Å². The van der Waals surface area contributed by atoms with Crippen LogP contribution in [0.3, 0.4) is 0 Å². The molecule has 1 aromatic carbocycles. The van der Waals surface area contributed by atoms with Crippen molar-refractivity contribution in [3.8, 4) is 5.75 Å². The van der Waals surface area contributed by atoms with Crippen molar-refractivity contribution in [2.24, 2.45) is 5.92 Å². The fourth-order valence-corrected chi connectivity index (χ4v) is 4.61. The molecule has 0 aliphatic heterocycles. The van der Waals surface area contributed by atoms with E-state index in [0.29, 0.717) is 16.5 Å². The normalized spacial score (nSPS) is 15.7. The van der Waals surface area contributed by atoms with Crippen molar-refractivity contribution < 1.29 is 14.3 Å². The molecule has 0 fully saturated rings. The third kappa shape index (κ3) is 4.69. The molecule has 5 nitrogen and oxygen atoms in total. The lowest BCUT2D eigenvalue weighted by Gasteiger charge is -2.19. The van der Waals surface area contributed by atoms with Gasteiger partial charge in [0.25, 0.3) is 5.91 Å². The zero-order chi connectivity index (χ0) is 19.4. The highest BCUT2D eigenvalue weighted by Crippen LogP contribution is 2.33. The first-order valence-electron chi connectivity index (χ1n) is 9.34. The highest BCUT2D eigenvalue weighted by atomic mass is 32.1. The van der Waals surface area contributed by atoms with Crippen LogP contribution in [0.1, 0.15) is 51.0 Å². The highest BCUT2D eigenvalue weighted by Gasteiger charge is 2.22. The number of amides is 2. The summed E-state index contributed by atoms with van der Waals surface area (Å²) in [7, 11) is 1.58. The number of rotatable bonds is 5. The highest BCUT2D eigenvalue weighted by molar-refractivity contribution is 7.14. The zero-order valence-corrected chi connectivity index (χ0v) is 16.9. The summed E-state index contributed by atoms with van der Waals surface area (Å²) in [5.41, 5.74) is 8.19. The fraction of sp³-hybridized carbons (Fsp3) is 0.429. The standard InChI is InChI=1S/C21H26N2O3S/c1-4-14-6-8-18-16(10-14)11-19(27-18)21(25)23-22-20(24)12-15-9-13(2)5-7-17(15)26-3/h5,7,9,11,14H,4,6,8,10,12H2,1-3H3,(H,22,24)(H,23,25)/t14-/m0/s1. The molecule has 1 atom stereocenters. The van der Waals surface area contributed by atoms with E-state index in [9.17, 15) is 9.59 Å². The summed E-state index contributed by atoms with van der Waals surface area (Å²) < 4.78 is 5.29. The number of carbonyl (C=O) groups is 2. The predicted molar refractivity (Wildman–Crippen MR) is 107 cm³/mol. The van der Waals surface area contributed by atoms with Crippen LogP contribution in [0.2, 0.25) is 0 Å². The van der Waals surface area contributed by atoms with Crippen LogP contribution in [0.25, 0.3) is 0 Å². The lowest BCUT2D eigenvalue weighted by atomic mass is 9.87. The van der Waals surface area contributed by atoms with Gasteiger partial charge in [-0.1, -0.05) is 31.0 Å². The summed E-state index contributed by atoms with van der Waals surface area (Å²) in [4.78, 5) is 26.6. The van der Waals surface area contributed by atoms with Crippen LogP contribution in [0.4, 0.5) is 0 Å². The lowest BCUT2D eigenvalue weighted by molar-refractivity contribution is -0.121. The maximum Gasteiger partial charge on any atom is 0.279 e. The number of methoxy groups -OCH3 is 1. The Morgan fingerprint density at radius 3 is 2.81 bits per heavy atom. The van der Waals surface area contributed by atoms with E-state index in [2.05, 4.69) is 17.8 Å². The van der Waals surface area contributed by atoms with Gasteiger partial charge in [0.05, 0.1) is 18.4 Å². The Hall–Kier alpha value is -2.34. The number of hydrazine groups is 1. The van der Waals surface area contributed by atoms with Crippen molar-refractivity contribution in [1.82, 2.24) is 10.9 Å². The summed E-state index contributed by atoms with van der Waals surface area (Å²) in [5.74, 6) is 0.845. The van der Waals surface area contributed by atoms with E-state index in [1.165, 1.54) is 34.6 Å². The summed E-state index contributed by atoms with van der Waals surface area (Å²) in [6.07, 6.45) is 4.61. The van der Waals surface area contributed by atoms with Crippen LogP contribution in [0.5, 0.6) is 5.75 Å². The maximum atomic E-state index is 12.4. The summed E-state index contributed by atoms with van der Waals surface area (Å²) in [5, 5.41) is 0. The van der Waals surface area contributed by atoms with Crippen LogP contribution >= 0.6 is 11.3 Å². The quantitative estimate of drug-likeness (QED) is 0.772. The second kappa shape index (κ2) is 8.57. The molecule has 1 heterocycles. The van der Waals surface area contributed by atoms with Crippen LogP contribution in [0, 0.1) is 12.8 Å². The van der Waals surface area contributed by atoms with Crippen molar-refractivity contribution in [2.45, 2.75) is 46.0 Å². The molecule has 1 aliphatic rings. The molecule has 0 spiro atoms. The smallest absolute Gasteiger partial charge is 0.279 e. The Morgan fingerprint density at radius 1 is 1.26 bits per heavy atom. The second-order valence-corrected chi connectivity index (χ2v) is 8.21. The molecule has 0 radical (unpaired) electrons. The summed E-state index contributed by atoms with van der Waals surface area (Å²) in [6, 6.07) is 7.67. The predicted octanol–water partition coefficient (Wildman–Crippen LogP) is 3.58. The number of carbonyl (C=O) groups excluding carboxylic acids is 2. The van der Waals surface area contributed by atoms with Gasteiger partial charge in [0, 0.05) is 10.4 Å². The molecule has 2 N–H and O–H groups in total. The number of ether oxygens (including phenoxy) is 1. The summed E-state index contributed by atoms with van der Waals surface area (Å²) >= 11 is 1.54. The molecule has 0 saturated carbocycles. The second-order valence-electron chi connectivity index (χ2n) is 7.07. The number of thiophene rings is 1. The Bertz CT molecular complexity index is 844. The topological polar surface area (TPSA) is 67.4 Å². The molecular formula is C21H26N2O3S. The van der Waals surface area contributed by atoms with Gasteiger partial charge in [-0.2, -0.15) is 0 Å². The van der Waals surface area contributed by atoms with E-state index in [1.807, 2.05) is 31.2 Å². The Kier molecular flexibility index (Phi) is 6.16. The van der Waals surface area contributed by atoms with Crippen LogP contribution in [-0.2, 0) is 24.1 Å². The van der Waals surface area contributed by atoms with Crippen LogP contribution in [0.15, 0.2) is 24.3 Å². The molecule has 0 saturated heterocycles. The van der Waals surface area contributed by atoms with Crippen LogP contribution in [-0.4, -0.2) is 18.9 Å². The van der Waals surface area contributed by atoms with Gasteiger partial charge in [-0.3, -0.25) is 20.4 Å². The van der Waals surface area contributed by atoms with Crippen molar-refractivity contribution in [2.75, 3.05) is 7.11 Å². The monoisotopic (exact) mass is 386 g/mol. The minimum absolute atomic E-state index is 0.143. The Balaban J connectivity index is 1.57. The van der Waals surface area contributed by atoms with Gasteiger partial charge in [-0.15, -0.1) is 11.3 Å². The Labute approximate surface area is 164 Å². The molecular weight excluding hydrogens is 360 g/mol. The van der Waals surface area contributed by atoms with E-state index < -0.39 is 0 Å². The number of hydrogen-bond donors (Lipinski definition) is 2. The number of hydrogen-bond acceptors (Lipinski definition) is 4. The van der Waals surface area contributed by atoms with Gasteiger partial charge >= 0.3 is 0 Å². The molecule has 0 unspecified atom stereocenters. The molecule has 3 rings (SSSR count). The number of nitrogens with one attached hydrogen (secondary N) is 2. The van der Waals surface area contributed by atoms with E-state index in [4.69, 9.17) is 4.74 Å². The Morgan fingerprint density at radius 2 is 2.07 bits per heavy atom. The van der Waals surface area contributed by atoms with Gasteiger partial charge in [0.1, 0.15) is 5.75 Å². The van der Waals surface area contributed by atoms with Gasteiger partial charge in [0.2, 0.25) is 5.91 Å². The molecule has 2 amide bonds. The van der Waals surface area contributed by atoms with Gasteiger partial charge in [-0.25, -0.2) is 0 Å². The SMILES string of the molecule is CC[C@H]1CCc2sc(C(=O)NNC(=O)Cc3cc(C)ccc3OC)cc2C1. The van der Waals surface area contributed by atoms with Crippen molar-refractivity contribution in [3.05, 3.63) is 50.7 Å². The lowest BCUT2D eigenvalue weighted by Crippen LogP contribution is -2.42. The maximum absolute atomic E-state index is 12.4. The number of fused-ring (bicyclic) bond motifs is 1. The first kappa shape index (κ1) is 19.4.